The van der Waals surface area contributed by atoms with E-state index in [9.17, 15) is 9.59 Å². The maximum Gasteiger partial charge on any atom is 0.197 e. The number of carbonyl (C=O) groups excluding carboxylic acids is 2. The zero-order chi connectivity index (χ0) is 22.1. The van der Waals surface area contributed by atoms with Gasteiger partial charge in [0.05, 0.1) is 5.57 Å². The second kappa shape index (κ2) is 8.12. The molecule has 0 aliphatic heterocycles. The lowest BCUT2D eigenvalue weighted by molar-refractivity contribution is 0.0990. The van der Waals surface area contributed by atoms with Crippen molar-refractivity contribution in [1.82, 2.24) is 0 Å². The molecule has 5 rings (SSSR count). The van der Waals surface area contributed by atoms with E-state index in [4.69, 9.17) is 0 Å². The SMILES string of the molecule is Cc1ccc2c(c1)C(=O)/C(=C\c1ccc(N(c3ccccc3)c3ccccc3)cc1)C2=O. The van der Waals surface area contributed by atoms with Crippen molar-refractivity contribution in [2.45, 2.75) is 6.92 Å². The number of para-hydroxylation sites is 2. The van der Waals surface area contributed by atoms with E-state index >= 15 is 0 Å². The summed E-state index contributed by atoms with van der Waals surface area (Å²) in [6.45, 7) is 1.92. The molecule has 4 aromatic rings. The first kappa shape index (κ1) is 19.7. The lowest BCUT2D eigenvalue weighted by Crippen LogP contribution is -2.09. The molecule has 0 saturated heterocycles. The predicted octanol–water partition coefficient (Wildman–Crippen LogP) is 6.93. The first-order chi connectivity index (χ1) is 15.6. The van der Waals surface area contributed by atoms with E-state index in [0.29, 0.717) is 11.1 Å². The molecule has 3 nitrogen and oxygen atoms in total. The summed E-state index contributed by atoms with van der Waals surface area (Å²) in [6.07, 6.45) is 1.69. The van der Waals surface area contributed by atoms with E-state index in [0.717, 1.165) is 28.2 Å². The van der Waals surface area contributed by atoms with Gasteiger partial charge >= 0.3 is 0 Å². The average Bonchev–Trinajstić information content (AvgIpc) is 3.06. The Balaban J connectivity index is 1.50. The molecule has 0 bridgehead atoms. The highest BCUT2D eigenvalue weighted by Gasteiger charge is 2.32. The van der Waals surface area contributed by atoms with Crippen molar-refractivity contribution >= 4 is 34.7 Å². The van der Waals surface area contributed by atoms with Crippen molar-refractivity contribution in [3.8, 4) is 0 Å². The van der Waals surface area contributed by atoms with Gasteiger partial charge < -0.3 is 4.90 Å². The monoisotopic (exact) mass is 415 g/mol. The summed E-state index contributed by atoms with van der Waals surface area (Å²) in [5.74, 6) is -0.405. The van der Waals surface area contributed by atoms with E-state index in [2.05, 4.69) is 29.2 Å². The summed E-state index contributed by atoms with van der Waals surface area (Å²) in [6, 6.07) is 33.6. The number of ketones is 2. The molecule has 1 aliphatic rings. The number of nitrogens with zero attached hydrogens (tertiary/aromatic N) is 1. The summed E-state index contributed by atoms with van der Waals surface area (Å²) in [7, 11) is 0. The van der Waals surface area contributed by atoms with Gasteiger partial charge in [0.2, 0.25) is 0 Å². The van der Waals surface area contributed by atoms with Gasteiger partial charge in [-0.05, 0) is 61.0 Å². The van der Waals surface area contributed by atoms with Crippen molar-refractivity contribution in [3.63, 3.8) is 0 Å². The minimum atomic E-state index is -0.204. The zero-order valence-corrected chi connectivity index (χ0v) is 17.7. The topological polar surface area (TPSA) is 37.4 Å². The summed E-state index contributed by atoms with van der Waals surface area (Å²) in [5, 5.41) is 0. The first-order valence-corrected chi connectivity index (χ1v) is 10.5. The number of hydrogen-bond donors (Lipinski definition) is 0. The van der Waals surface area contributed by atoms with Crippen LogP contribution in [0.2, 0.25) is 0 Å². The van der Waals surface area contributed by atoms with Crippen LogP contribution in [-0.4, -0.2) is 11.6 Å². The fourth-order valence-electron chi connectivity index (χ4n) is 4.06. The Labute approximate surface area is 187 Å². The third-order valence-electron chi connectivity index (χ3n) is 5.64. The Bertz CT molecular complexity index is 1300. The van der Waals surface area contributed by atoms with Crippen LogP contribution >= 0.6 is 0 Å². The van der Waals surface area contributed by atoms with Gasteiger partial charge in [-0.2, -0.15) is 0 Å². The summed E-state index contributed by atoms with van der Waals surface area (Å²) >= 11 is 0. The van der Waals surface area contributed by atoms with E-state index in [1.807, 2.05) is 73.7 Å². The number of anilines is 3. The number of aryl methyl sites for hydroxylation is 1. The second-order valence-corrected chi connectivity index (χ2v) is 7.86. The number of allylic oxidation sites excluding steroid dienone is 1. The Morgan fingerprint density at radius 3 is 1.72 bits per heavy atom. The van der Waals surface area contributed by atoms with Crippen LogP contribution in [0.25, 0.3) is 6.08 Å². The fourth-order valence-corrected chi connectivity index (χ4v) is 4.06. The number of Topliss-reactive ketones (excluding diaryl/α,β-unsaturated/α-hetero) is 2. The van der Waals surface area contributed by atoms with Gasteiger partial charge in [-0.15, -0.1) is 0 Å². The molecule has 0 aromatic heterocycles. The van der Waals surface area contributed by atoms with Crippen LogP contribution in [0.15, 0.2) is 109 Å². The fraction of sp³-hybridized carbons (Fsp3) is 0.0345. The van der Waals surface area contributed by atoms with Crippen molar-refractivity contribution in [3.05, 3.63) is 131 Å². The highest BCUT2D eigenvalue weighted by atomic mass is 16.2. The van der Waals surface area contributed by atoms with Gasteiger partial charge in [0.25, 0.3) is 0 Å². The van der Waals surface area contributed by atoms with Gasteiger partial charge in [0.1, 0.15) is 0 Å². The minimum absolute atomic E-state index is 0.201. The third-order valence-corrected chi connectivity index (χ3v) is 5.64. The van der Waals surface area contributed by atoms with E-state index < -0.39 is 0 Å². The molecule has 3 heteroatoms. The van der Waals surface area contributed by atoms with Gasteiger partial charge in [-0.25, -0.2) is 0 Å². The maximum absolute atomic E-state index is 12.8. The van der Waals surface area contributed by atoms with Gasteiger partial charge in [0.15, 0.2) is 11.6 Å². The minimum Gasteiger partial charge on any atom is -0.311 e. The highest BCUT2D eigenvalue weighted by Crippen LogP contribution is 2.35. The van der Waals surface area contributed by atoms with Gasteiger partial charge in [0, 0.05) is 28.2 Å². The quantitative estimate of drug-likeness (QED) is 0.268. The molecule has 0 amide bonds. The number of benzene rings is 4. The van der Waals surface area contributed by atoms with E-state index in [1.165, 1.54) is 0 Å². The van der Waals surface area contributed by atoms with Crippen molar-refractivity contribution in [2.75, 3.05) is 4.90 Å². The molecule has 4 aromatic carbocycles. The van der Waals surface area contributed by atoms with Crippen LogP contribution in [0.4, 0.5) is 17.1 Å². The Kier molecular flexibility index (Phi) is 5.00. The van der Waals surface area contributed by atoms with Crippen LogP contribution in [0.1, 0.15) is 31.8 Å². The van der Waals surface area contributed by atoms with Crippen molar-refractivity contribution in [1.29, 1.82) is 0 Å². The van der Waals surface area contributed by atoms with Crippen LogP contribution in [0.5, 0.6) is 0 Å². The largest absolute Gasteiger partial charge is 0.311 e. The molecule has 0 spiro atoms. The molecule has 0 heterocycles. The lowest BCUT2D eigenvalue weighted by atomic mass is 10.1. The molecule has 1 aliphatic carbocycles. The van der Waals surface area contributed by atoms with Crippen molar-refractivity contribution < 1.29 is 9.59 Å². The molecule has 32 heavy (non-hydrogen) atoms. The molecule has 0 fully saturated rings. The predicted molar refractivity (Wildman–Crippen MR) is 129 cm³/mol. The average molecular weight is 415 g/mol. The highest BCUT2D eigenvalue weighted by molar-refractivity contribution is 6.41. The summed E-state index contributed by atoms with van der Waals surface area (Å²) < 4.78 is 0. The van der Waals surface area contributed by atoms with Crippen LogP contribution in [-0.2, 0) is 0 Å². The third kappa shape index (κ3) is 3.54. The maximum atomic E-state index is 12.8. The molecule has 0 N–H and O–H groups in total. The lowest BCUT2D eigenvalue weighted by Gasteiger charge is -2.25. The standard InChI is InChI=1S/C29H21NO2/c1-20-12-17-25-26(18-20)29(32)27(28(25)31)19-21-13-15-24(16-14-21)30(22-8-4-2-5-9-22)23-10-6-3-7-11-23/h2-19H,1H3/b27-19-. The number of rotatable bonds is 4. The molecular formula is C29H21NO2. The van der Waals surface area contributed by atoms with Gasteiger partial charge in [-0.1, -0.05) is 66.2 Å². The van der Waals surface area contributed by atoms with Gasteiger partial charge in [-0.3, -0.25) is 9.59 Å². The Hall–Kier alpha value is -4.24. The normalized spacial score (nSPS) is 14.0. The van der Waals surface area contributed by atoms with Crippen LogP contribution < -0.4 is 4.90 Å². The molecule has 0 atom stereocenters. The molecule has 0 radical (unpaired) electrons. The van der Waals surface area contributed by atoms with Crippen LogP contribution in [0.3, 0.4) is 0 Å². The number of fused-ring (bicyclic) bond motifs is 1. The molecule has 0 saturated carbocycles. The molecule has 0 unspecified atom stereocenters. The van der Waals surface area contributed by atoms with Crippen LogP contribution in [0, 0.1) is 6.92 Å². The number of hydrogen-bond acceptors (Lipinski definition) is 3. The van der Waals surface area contributed by atoms with Crippen molar-refractivity contribution in [2.24, 2.45) is 0 Å². The summed E-state index contributed by atoms with van der Waals surface area (Å²) in [4.78, 5) is 27.8. The zero-order valence-electron chi connectivity index (χ0n) is 17.7. The first-order valence-electron chi connectivity index (χ1n) is 10.5. The second-order valence-electron chi connectivity index (χ2n) is 7.86. The number of carbonyl (C=O) groups is 2. The summed E-state index contributed by atoms with van der Waals surface area (Å²) in [5.41, 5.74) is 6.09. The molecular weight excluding hydrogens is 394 g/mol. The Morgan fingerprint density at radius 2 is 1.12 bits per heavy atom. The molecule has 154 valence electrons. The van der Waals surface area contributed by atoms with E-state index in [1.54, 1.807) is 18.2 Å². The van der Waals surface area contributed by atoms with E-state index in [-0.39, 0.29) is 17.1 Å². The Morgan fingerprint density at radius 1 is 0.594 bits per heavy atom. The smallest absolute Gasteiger partial charge is 0.197 e.